The maximum atomic E-state index is 6.20. The van der Waals surface area contributed by atoms with Crippen molar-refractivity contribution in [2.75, 3.05) is 13.2 Å². The second kappa shape index (κ2) is 8.08. The van der Waals surface area contributed by atoms with Crippen molar-refractivity contribution in [1.29, 1.82) is 0 Å². The molecular formula is C14H29NO. The molecule has 1 aliphatic rings. The van der Waals surface area contributed by atoms with Crippen LogP contribution in [0.15, 0.2) is 0 Å². The highest BCUT2D eigenvalue weighted by molar-refractivity contribution is 4.82. The minimum atomic E-state index is 0.429. The zero-order valence-corrected chi connectivity index (χ0v) is 11.1. The third-order valence-corrected chi connectivity index (χ3v) is 3.83. The molecule has 3 atom stereocenters. The fourth-order valence-corrected chi connectivity index (χ4v) is 2.87. The van der Waals surface area contributed by atoms with Gasteiger partial charge in [-0.3, -0.25) is 0 Å². The van der Waals surface area contributed by atoms with Crippen LogP contribution in [0.3, 0.4) is 0 Å². The smallest absolute Gasteiger partial charge is 0.0469 e. The van der Waals surface area contributed by atoms with Crippen LogP contribution in [0.2, 0.25) is 0 Å². The van der Waals surface area contributed by atoms with Crippen LogP contribution in [0.25, 0.3) is 0 Å². The first-order valence-corrected chi connectivity index (χ1v) is 7.11. The average molecular weight is 227 g/mol. The van der Waals surface area contributed by atoms with Gasteiger partial charge >= 0.3 is 0 Å². The molecule has 2 heteroatoms. The van der Waals surface area contributed by atoms with Crippen molar-refractivity contribution < 1.29 is 4.74 Å². The third-order valence-electron chi connectivity index (χ3n) is 3.83. The van der Waals surface area contributed by atoms with Crippen molar-refractivity contribution >= 4 is 0 Å². The zero-order valence-electron chi connectivity index (χ0n) is 11.1. The van der Waals surface area contributed by atoms with E-state index in [2.05, 4.69) is 13.8 Å². The van der Waals surface area contributed by atoms with E-state index in [4.69, 9.17) is 10.5 Å². The maximum absolute atomic E-state index is 6.20. The third kappa shape index (κ3) is 4.84. The molecule has 0 aromatic heterocycles. The molecule has 16 heavy (non-hydrogen) atoms. The summed E-state index contributed by atoms with van der Waals surface area (Å²) < 4.78 is 5.57. The predicted octanol–water partition coefficient (Wildman–Crippen LogP) is 3.35. The van der Waals surface area contributed by atoms with E-state index in [1.54, 1.807) is 0 Å². The van der Waals surface area contributed by atoms with Crippen molar-refractivity contribution in [3.63, 3.8) is 0 Å². The lowest BCUT2D eigenvalue weighted by atomic mass is 9.75. The summed E-state index contributed by atoms with van der Waals surface area (Å²) in [6.07, 6.45) is 8.91. The van der Waals surface area contributed by atoms with E-state index in [1.165, 1.54) is 38.5 Å². The molecule has 96 valence electrons. The molecular weight excluding hydrogens is 198 g/mol. The van der Waals surface area contributed by atoms with Gasteiger partial charge in [-0.2, -0.15) is 0 Å². The monoisotopic (exact) mass is 227 g/mol. The summed E-state index contributed by atoms with van der Waals surface area (Å²) in [5.41, 5.74) is 6.20. The Morgan fingerprint density at radius 2 is 1.88 bits per heavy atom. The summed E-state index contributed by atoms with van der Waals surface area (Å²) in [5.74, 6) is 1.64. The Labute approximate surface area is 101 Å². The van der Waals surface area contributed by atoms with Gasteiger partial charge in [-0.1, -0.05) is 26.7 Å². The van der Waals surface area contributed by atoms with Crippen molar-refractivity contribution in [2.24, 2.45) is 17.6 Å². The van der Waals surface area contributed by atoms with Crippen LogP contribution in [-0.2, 0) is 4.74 Å². The summed E-state index contributed by atoms with van der Waals surface area (Å²) in [5, 5.41) is 0. The minimum absolute atomic E-state index is 0.429. The molecule has 0 radical (unpaired) electrons. The van der Waals surface area contributed by atoms with Gasteiger partial charge in [-0.05, 0) is 43.9 Å². The molecule has 0 aromatic rings. The van der Waals surface area contributed by atoms with Crippen LogP contribution in [0.1, 0.15) is 58.8 Å². The average Bonchev–Trinajstić information content (AvgIpc) is 2.29. The number of hydrogen-bond acceptors (Lipinski definition) is 2. The Morgan fingerprint density at radius 3 is 2.56 bits per heavy atom. The van der Waals surface area contributed by atoms with Gasteiger partial charge in [0.05, 0.1) is 0 Å². The predicted molar refractivity (Wildman–Crippen MR) is 69.4 cm³/mol. The molecule has 1 aliphatic carbocycles. The molecule has 2 N–H and O–H groups in total. The first kappa shape index (κ1) is 14.0. The minimum Gasteiger partial charge on any atom is -0.381 e. The molecule has 0 spiro atoms. The van der Waals surface area contributed by atoms with E-state index in [0.717, 1.165) is 25.6 Å². The van der Waals surface area contributed by atoms with Gasteiger partial charge in [0.1, 0.15) is 0 Å². The second-order valence-electron chi connectivity index (χ2n) is 5.29. The number of ether oxygens (including phenoxy) is 1. The van der Waals surface area contributed by atoms with E-state index in [9.17, 15) is 0 Å². The highest BCUT2D eigenvalue weighted by Gasteiger charge is 2.27. The number of rotatable bonds is 7. The molecule has 3 unspecified atom stereocenters. The lowest BCUT2D eigenvalue weighted by Crippen LogP contribution is -2.36. The van der Waals surface area contributed by atoms with E-state index in [1.807, 2.05) is 0 Å². The maximum Gasteiger partial charge on any atom is 0.0469 e. The van der Waals surface area contributed by atoms with Gasteiger partial charge in [0.15, 0.2) is 0 Å². The first-order valence-electron chi connectivity index (χ1n) is 7.11. The first-order chi connectivity index (χ1) is 7.77. The molecule has 0 heterocycles. The molecule has 0 aliphatic heterocycles. The van der Waals surface area contributed by atoms with Gasteiger partial charge in [-0.25, -0.2) is 0 Å². The second-order valence-corrected chi connectivity index (χ2v) is 5.29. The molecule has 1 rings (SSSR count). The van der Waals surface area contributed by atoms with Gasteiger partial charge in [0.2, 0.25) is 0 Å². The standard InChI is InChI=1S/C14H29NO/c1-3-5-12-6-7-14(15)13(11-12)8-10-16-9-4-2/h12-14H,3-11,15H2,1-2H3. The van der Waals surface area contributed by atoms with Crippen LogP contribution in [0.5, 0.6) is 0 Å². The Hall–Kier alpha value is -0.0800. The normalized spacial score (nSPS) is 30.6. The Morgan fingerprint density at radius 1 is 1.06 bits per heavy atom. The van der Waals surface area contributed by atoms with E-state index in [0.29, 0.717) is 12.0 Å². The van der Waals surface area contributed by atoms with Crippen LogP contribution in [0.4, 0.5) is 0 Å². The van der Waals surface area contributed by atoms with Crippen molar-refractivity contribution in [3.05, 3.63) is 0 Å². The highest BCUT2D eigenvalue weighted by Crippen LogP contribution is 2.32. The molecule has 0 amide bonds. The van der Waals surface area contributed by atoms with Gasteiger partial charge in [-0.15, -0.1) is 0 Å². The van der Waals surface area contributed by atoms with Gasteiger partial charge < -0.3 is 10.5 Å². The Kier molecular flexibility index (Phi) is 7.06. The van der Waals surface area contributed by atoms with Gasteiger partial charge in [0, 0.05) is 19.3 Å². The van der Waals surface area contributed by atoms with E-state index < -0.39 is 0 Å². The molecule has 1 saturated carbocycles. The fraction of sp³-hybridized carbons (Fsp3) is 1.00. The topological polar surface area (TPSA) is 35.2 Å². The molecule has 1 fully saturated rings. The number of hydrogen-bond donors (Lipinski definition) is 1. The molecule has 0 aromatic carbocycles. The largest absolute Gasteiger partial charge is 0.381 e. The molecule has 2 nitrogen and oxygen atoms in total. The summed E-state index contributed by atoms with van der Waals surface area (Å²) in [6.45, 7) is 6.25. The van der Waals surface area contributed by atoms with Crippen LogP contribution in [-0.4, -0.2) is 19.3 Å². The highest BCUT2D eigenvalue weighted by atomic mass is 16.5. The van der Waals surface area contributed by atoms with Gasteiger partial charge in [0.25, 0.3) is 0 Å². The Bertz CT molecular complexity index is 172. The van der Waals surface area contributed by atoms with Crippen molar-refractivity contribution in [2.45, 2.75) is 64.8 Å². The summed E-state index contributed by atoms with van der Waals surface area (Å²) >= 11 is 0. The van der Waals surface area contributed by atoms with Crippen molar-refractivity contribution in [3.8, 4) is 0 Å². The van der Waals surface area contributed by atoms with Crippen LogP contribution >= 0.6 is 0 Å². The number of nitrogens with two attached hydrogens (primary N) is 1. The quantitative estimate of drug-likeness (QED) is 0.677. The lowest BCUT2D eigenvalue weighted by Gasteiger charge is -2.34. The molecule has 0 bridgehead atoms. The van der Waals surface area contributed by atoms with E-state index in [-0.39, 0.29) is 0 Å². The van der Waals surface area contributed by atoms with Crippen LogP contribution < -0.4 is 5.73 Å². The Balaban J connectivity index is 2.21. The fourth-order valence-electron chi connectivity index (χ4n) is 2.87. The summed E-state index contributed by atoms with van der Waals surface area (Å²) in [7, 11) is 0. The summed E-state index contributed by atoms with van der Waals surface area (Å²) in [4.78, 5) is 0. The van der Waals surface area contributed by atoms with E-state index >= 15 is 0 Å². The van der Waals surface area contributed by atoms with Crippen LogP contribution in [0, 0.1) is 11.8 Å². The summed E-state index contributed by atoms with van der Waals surface area (Å²) in [6, 6.07) is 0.429. The lowest BCUT2D eigenvalue weighted by molar-refractivity contribution is 0.101. The van der Waals surface area contributed by atoms with Crippen molar-refractivity contribution in [1.82, 2.24) is 0 Å². The SMILES string of the molecule is CCCOCCC1CC(CCC)CCC1N. The molecule has 0 saturated heterocycles. The zero-order chi connectivity index (χ0) is 11.8.